The zero-order valence-electron chi connectivity index (χ0n) is 15.6. The average Bonchev–Trinajstić information content (AvgIpc) is 2.98. The molecule has 2 aliphatic rings. The summed E-state index contributed by atoms with van der Waals surface area (Å²) in [5.41, 5.74) is 6.71. The van der Waals surface area contributed by atoms with Crippen molar-refractivity contribution >= 4 is 24.3 Å². The molecular weight excluding hydrogens is 354 g/mol. The number of nitrogens with zero attached hydrogens (tertiary/aromatic N) is 3. The summed E-state index contributed by atoms with van der Waals surface area (Å²) in [4.78, 5) is 23.3. The van der Waals surface area contributed by atoms with E-state index in [9.17, 15) is 4.79 Å². The van der Waals surface area contributed by atoms with Crippen molar-refractivity contribution in [2.75, 3.05) is 32.0 Å². The molecule has 2 saturated heterocycles. The highest BCUT2D eigenvalue weighted by Gasteiger charge is 2.37. The van der Waals surface area contributed by atoms with E-state index in [4.69, 9.17) is 10.5 Å². The SMILES string of the molecule is CCC[C@H]1CN(C2CCOCC2)C[C@@H]1NC(=O)c1cnc(N)nc1C.Cl. The Hall–Kier alpha value is -1.44. The van der Waals surface area contributed by atoms with Gasteiger partial charge in [-0.25, -0.2) is 9.97 Å². The van der Waals surface area contributed by atoms with Crippen molar-refractivity contribution in [2.24, 2.45) is 5.92 Å². The summed E-state index contributed by atoms with van der Waals surface area (Å²) in [5.74, 6) is 0.591. The molecule has 1 amide bonds. The number of hydrogen-bond donors (Lipinski definition) is 2. The highest BCUT2D eigenvalue weighted by atomic mass is 35.5. The van der Waals surface area contributed by atoms with Crippen LogP contribution in [0.15, 0.2) is 6.20 Å². The molecule has 2 atom stereocenters. The molecule has 3 heterocycles. The largest absolute Gasteiger partial charge is 0.381 e. The summed E-state index contributed by atoms with van der Waals surface area (Å²) >= 11 is 0. The first kappa shape index (κ1) is 20.9. The van der Waals surface area contributed by atoms with Crippen molar-refractivity contribution in [2.45, 2.75) is 51.6 Å². The van der Waals surface area contributed by atoms with Gasteiger partial charge in [0.2, 0.25) is 5.95 Å². The third-order valence-electron chi connectivity index (χ3n) is 5.40. The highest BCUT2D eigenvalue weighted by molar-refractivity contribution is 5.95. The summed E-state index contributed by atoms with van der Waals surface area (Å²) in [7, 11) is 0. The first-order chi connectivity index (χ1) is 12.1. The molecule has 0 radical (unpaired) electrons. The second-order valence-corrected chi connectivity index (χ2v) is 7.15. The lowest BCUT2D eigenvalue weighted by molar-refractivity contribution is 0.0405. The van der Waals surface area contributed by atoms with Gasteiger partial charge in [0.25, 0.3) is 5.91 Å². The van der Waals surface area contributed by atoms with E-state index in [1.165, 1.54) is 6.20 Å². The summed E-state index contributed by atoms with van der Waals surface area (Å²) in [5, 5.41) is 3.23. The summed E-state index contributed by atoms with van der Waals surface area (Å²) in [6.45, 7) is 7.65. The lowest BCUT2D eigenvalue weighted by Gasteiger charge is -2.31. The van der Waals surface area contributed by atoms with E-state index < -0.39 is 0 Å². The zero-order chi connectivity index (χ0) is 17.8. The number of nitrogens with one attached hydrogen (secondary N) is 1. The van der Waals surface area contributed by atoms with Crippen molar-refractivity contribution in [3.8, 4) is 0 Å². The third kappa shape index (κ3) is 4.84. The fourth-order valence-corrected chi connectivity index (χ4v) is 4.03. The normalized spacial score (nSPS) is 24.2. The minimum Gasteiger partial charge on any atom is -0.381 e. The van der Waals surface area contributed by atoms with Crippen LogP contribution in [-0.4, -0.2) is 59.2 Å². The lowest BCUT2D eigenvalue weighted by Crippen LogP contribution is -2.43. The van der Waals surface area contributed by atoms with Crippen molar-refractivity contribution in [3.63, 3.8) is 0 Å². The molecular formula is C18H30ClN5O2. The molecule has 3 N–H and O–H groups in total. The van der Waals surface area contributed by atoms with Gasteiger partial charge in [-0.2, -0.15) is 0 Å². The van der Waals surface area contributed by atoms with Gasteiger partial charge < -0.3 is 15.8 Å². The Kier molecular flexibility index (Phi) is 7.61. The van der Waals surface area contributed by atoms with E-state index in [1.54, 1.807) is 6.92 Å². The number of nitrogens with two attached hydrogens (primary N) is 1. The summed E-state index contributed by atoms with van der Waals surface area (Å²) < 4.78 is 5.49. The molecule has 2 fully saturated rings. The number of aryl methyl sites for hydroxylation is 1. The number of aromatic nitrogens is 2. The molecule has 2 aliphatic heterocycles. The summed E-state index contributed by atoms with van der Waals surface area (Å²) in [6, 6.07) is 0.754. The average molecular weight is 384 g/mol. The second-order valence-electron chi connectivity index (χ2n) is 7.15. The van der Waals surface area contributed by atoms with Crippen molar-refractivity contribution in [1.29, 1.82) is 0 Å². The Bertz CT molecular complexity index is 609. The number of halogens is 1. The molecule has 7 nitrogen and oxygen atoms in total. The summed E-state index contributed by atoms with van der Waals surface area (Å²) in [6.07, 6.45) is 5.95. The molecule has 0 aliphatic carbocycles. The van der Waals surface area contributed by atoms with E-state index in [2.05, 4.69) is 27.1 Å². The van der Waals surface area contributed by atoms with Gasteiger partial charge in [-0.3, -0.25) is 9.69 Å². The predicted octanol–water partition coefficient (Wildman–Crippen LogP) is 1.80. The second kappa shape index (κ2) is 9.48. The molecule has 1 aromatic heterocycles. The highest BCUT2D eigenvalue weighted by Crippen LogP contribution is 2.27. The number of anilines is 1. The molecule has 0 saturated carbocycles. The van der Waals surface area contributed by atoms with Crippen LogP contribution in [0.25, 0.3) is 0 Å². The number of ether oxygens (including phenoxy) is 1. The quantitative estimate of drug-likeness (QED) is 0.805. The fraction of sp³-hybridized carbons (Fsp3) is 0.722. The molecule has 26 heavy (non-hydrogen) atoms. The molecule has 0 aromatic carbocycles. The number of carbonyl (C=O) groups is 1. The Labute approximate surface area is 161 Å². The number of likely N-dealkylation sites (tertiary alicyclic amines) is 1. The predicted molar refractivity (Wildman–Crippen MR) is 103 cm³/mol. The minimum atomic E-state index is -0.0996. The van der Waals surface area contributed by atoms with Gasteiger partial charge in [-0.05, 0) is 32.1 Å². The van der Waals surface area contributed by atoms with Gasteiger partial charge in [0, 0.05) is 44.6 Å². The molecule has 146 valence electrons. The first-order valence-electron chi connectivity index (χ1n) is 9.30. The number of amides is 1. The van der Waals surface area contributed by atoms with Gasteiger partial charge in [0.15, 0.2) is 0 Å². The van der Waals surface area contributed by atoms with Gasteiger partial charge in [-0.1, -0.05) is 13.3 Å². The Morgan fingerprint density at radius 3 is 2.77 bits per heavy atom. The van der Waals surface area contributed by atoms with Crippen molar-refractivity contribution < 1.29 is 9.53 Å². The molecule has 0 unspecified atom stereocenters. The minimum absolute atomic E-state index is 0. The Balaban J connectivity index is 0.00000243. The van der Waals surface area contributed by atoms with Gasteiger partial charge in [0.05, 0.1) is 11.3 Å². The molecule has 0 bridgehead atoms. The van der Waals surface area contributed by atoms with Gasteiger partial charge in [0.1, 0.15) is 0 Å². The molecule has 0 spiro atoms. The number of rotatable bonds is 5. The van der Waals surface area contributed by atoms with E-state index in [0.717, 1.165) is 52.0 Å². The van der Waals surface area contributed by atoms with Crippen molar-refractivity contribution in [3.05, 3.63) is 17.5 Å². The maximum Gasteiger partial charge on any atom is 0.254 e. The van der Waals surface area contributed by atoms with Crippen LogP contribution >= 0.6 is 12.4 Å². The van der Waals surface area contributed by atoms with Crippen LogP contribution in [0.3, 0.4) is 0 Å². The maximum atomic E-state index is 12.7. The molecule has 8 heteroatoms. The van der Waals surface area contributed by atoms with E-state index >= 15 is 0 Å². The third-order valence-corrected chi connectivity index (χ3v) is 5.40. The lowest BCUT2D eigenvalue weighted by atomic mass is 9.98. The van der Waals surface area contributed by atoms with E-state index in [-0.39, 0.29) is 30.3 Å². The van der Waals surface area contributed by atoms with Crippen LogP contribution in [0.4, 0.5) is 5.95 Å². The van der Waals surface area contributed by atoms with Crippen LogP contribution < -0.4 is 11.1 Å². The first-order valence-corrected chi connectivity index (χ1v) is 9.30. The standard InChI is InChI=1S/C18H29N5O2.ClH/c1-3-4-13-10-23(14-5-7-25-8-6-14)11-16(13)22-17(24)15-9-20-18(19)21-12(15)2;/h9,13-14,16H,3-8,10-11H2,1-2H3,(H,22,24)(H2,19,20,21);1H/t13-,16-;/m0./s1. The van der Waals surface area contributed by atoms with Crippen LogP contribution in [0.1, 0.15) is 48.7 Å². The van der Waals surface area contributed by atoms with Crippen LogP contribution in [-0.2, 0) is 4.74 Å². The maximum absolute atomic E-state index is 12.7. The van der Waals surface area contributed by atoms with Crippen LogP contribution in [0, 0.1) is 12.8 Å². The van der Waals surface area contributed by atoms with Crippen LogP contribution in [0.2, 0.25) is 0 Å². The number of hydrogen-bond acceptors (Lipinski definition) is 6. The van der Waals surface area contributed by atoms with Gasteiger partial charge >= 0.3 is 0 Å². The smallest absolute Gasteiger partial charge is 0.254 e. The Morgan fingerprint density at radius 1 is 1.38 bits per heavy atom. The molecule has 1 aromatic rings. The van der Waals surface area contributed by atoms with E-state index in [0.29, 0.717) is 23.2 Å². The van der Waals surface area contributed by atoms with Gasteiger partial charge in [-0.15, -0.1) is 12.4 Å². The number of carbonyl (C=O) groups excluding carboxylic acids is 1. The topological polar surface area (TPSA) is 93.4 Å². The fourth-order valence-electron chi connectivity index (χ4n) is 4.03. The zero-order valence-corrected chi connectivity index (χ0v) is 16.4. The monoisotopic (exact) mass is 383 g/mol. The Morgan fingerprint density at radius 2 is 2.12 bits per heavy atom. The van der Waals surface area contributed by atoms with Crippen LogP contribution in [0.5, 0.6) is 0 Å². The molecule has 3 rings (SSSR count). The number of nitrogen functional groups attached to an aromatic ring is 1. The van der Waals surface area contributed by atoms with E-state index in [1.807, 2.05) is 0 Å². The van der Waals surface area contributed by atoms with Crippen molar-refractivity contribution in [1.82, 2.24) is 20.2 Å².